The summed E-state index contributed by atoms with van der Waals surface area (Å²) in [7, 11) is -3.90. The Bertz CT molecular complexity index is 1220. The van der Waals surface area contributed by atoms with Gasteiger partial charge in [-0.05, 0) is 44.2 Å². The summed E-state index contributed by atoms with van der Waals surface area (Å²) in [5, 5.41) is 2.84. The summed E-state index contributed by atoms with van der Waals surface area (Å²) in [4.78, 5) is 16.6. The third kappa shape index (κ3) is 4.71. The summed E-state index contributed by atoms with van der Waals surface area (Å²) >= 11 is 6.23. The van der Waals surface area contributed by atoms with Crippen molar-refractivity contribution < 1.29 is 22.4 Å². The van der Waals surface area contributed by atoms with E-state index in [-0.39, 0.29) is 40.8 Å². The number of aromatic nitrogens is 1. The molecule has 1 amide bonds. The number of nitrogens with one attached hydrogen (secondary N) is 1. The fraction of sp³-hybridized carbons (Fsp3) is 0.273. The maximum absolute atomic E-state index is 13.2. The van der Waals surface area contributed by atoms with Crippen molar-refractivity contribution in [1.82, 2.24) is 9.29 Å². The number of hydrogen-bond acceptors (Lipinski definition) is 6. The van der Waals surface area contributed by atoms with E-state index in [1.807, 2.05) is 19.9 Å². The number of carbonyl (C=O) groups is 1. The molecule has 0 radical (unpaired) electrons. The summed E-state index contributed by atoms with van der Waals surface area (Å²) < 4.78 is 38.7. The summed E-state index contributed by atoms with van der Waals surface area (Å²) in [6, 6.07) is 11.3. The first-order valence-corrected chi connectivity index (χ1v) is 11.8. The summed E-state index contributed by atoms with van der Waals surface area (Å²) in [6.07, 6.45) is 2.42. The van der Waals surface area contributed by atoms with Crippen molar-refractivity contribution in [2.75, 3.05) is 18.4 Å². The normalized spacial score (nSPS) is 19.6. The van der Waals surface area contributed by atoms with Crippen molar-refractivity contribution in [3.8, 4) is 11.3 Å². The molecule has 3 aromatic rings. The lowest BCUT2D eigenvalue weighted by Gasteiger charge is -2.34. The predicted molar refractivity (Wildman–Crippen MR) is 120 cm³/mol. The van der Waals surface area contributed by atoms with Crippen LogP contribution in [0, 0.1) is 0 Å². The Morgan fingerprint density at radius 3 is 2.59 bits per heavy atom. The van der Waals surface area contributed by atoms with Crippen LogP contribution in [0.1, 0.15) is 24.2 Å². The number of nitrogens with zero attached hydrogens (tertiary/aromatic N) is 2. The predicted octanol–water partition coefficient (Wildman–Crippen LogP) is 4.05. The average Bonchev–Trinajstić information content (AvgIpc) is 3.28. The monoisotopic (exact) mass is 475 g/mol. The van der Waals surface area contributed by atoms with E-state index < -0.39 is 15.9 Å². The zero-order valence-electron chi connectivity index (χ0n) is 17.5. The molecule has 1 aliphatic rings. The van der Waals surface area contributed by atoms with E-state index in [1.165, 1.54) is 28.9 Å². The number of morpholine rings is 1. The van der Waals surface area contributed by atoms with Gasteiger partial charge < -0.3 is 14.5 Å². The number of hydrogen-bond donors (Lipinski definition) is 1. The van der Waals surface area contributed by atoms with E-state index >= 15 is 0 Å². The van der Waals surface area contributed by atoms with Gasteiger partial charge >= 0.3 is 0 Å². The van der Waals surface area contributed by atoms with Crippen LogP contribution in [0.3, 0.4) is 0 Å². The Kier molecular flexibility index (Phi) is 6.34. The van der Waals surface area contributed by atoms with Gasteiger partial charge in [0.25, 0.3) is 5.91 Å². The highest BCUT2D eigenvalue weighted by Gasteiger charge is 2.33. The highest BCUT2D eigenvalue weighted by atomic mass is 35.5. The van der Waals surface area contributed by atoms with Gasteiger partial charge in [-0.1, -0.05) is 23.7 Å². The van der Waals surface area contributed by atoms with Crippen LogP contribution in [-0.2, 0) is 14.8 Å². The van der Waals surface area contributed by atoms with Gasteiger partial charge in [0.1, 0.15) is 4.90 Å². The molecule has 1 N–H and O–H groups in total. The Balaban J connectivity index is 1.59. The molecule has 0 saturated carbocycles. The van der Waals surface area contributed by atoms with Crippen LogP contribution in [-0.4, -0.2) is 48.9 Å². The third-order valence-electron chi connectivity index (χ3n) is 5.03. The van der Waals surface area contributed by atoms with E-state index in [2.05, 4.69) is 10.3 Å². The van der Waals surface area contributed by atoms with Crippen LogP contribution >= 0.6 is 11.6 Å². The zero-order valence-corrected chi connectivity index (χ0v) is 19.1. The maximum Gasteiger partial charge on any atom is 0.255 e. The van der Waals surface area contributed by atoms with Crippen LogP contribution < -0.4 is 5.32 Å². The molecule has 1 aliphatic heterocycles. The van der Waals surface area contributed by atoms with Gasteiger partial charge in [-0.2, -0.15) is 4.31 Å². The van der Waals surface area contributed by atoms with Gasteiger partial charge in [0, 0.05) is 29.9 Å². The molecule has 32 heavy (non-hydrogen) atoms. The van der Waals surface area contributed by atoms with Crippen molar-refractivity contribution in [1.29, 1.82) is 0 Å². The SMILES string of the molecule is C[C@@H]1CN(S(=O)(=O)c2cc(C(=O)Nc3cccc(-c4cnco4)c3)ccc2Cl)C[C@H](C)O1. The molecule has 0 spiro atoms. The van der Waals surface area contributed by atoms with Gasteiger partial charge in [0.15, 0.2) is 12.2 Å². The molecule has 8 nitrogen and oxygen atoms in total. The van der Waals surface area contributed by atoms with Gasteiger partial charge in [-0.3, -0.25) is 4.79 Å². The number of benzene rings is 2. The van der Waals surface area contributed by atoms with E-state index in [4.69, 9.17) is 20.8 Å². The number of amides is 1. The molecule has 1 fully saturated rings. The lowest BCUT2D eigenvalue weighted by atomic mass is 10.1. The highest BCUT2D eigenvalue weighted by Crippen LogP contribution is 2.29. The van der Waals surface area contributed by atoms with E-state index in [9.17, 15) is 13.2 Å². The fourth-order valence-corrected chi connectivity index (χ4v) is 5.71. The van der Waals surface area contributed by atoms with E-state index in [1.54, 1.807) is 24.4 Å². The quantitative estimate of drug-likeness (QED) is 0.597. The molecule has 2 heterocycles. The van der Waals surface area contributed by atoms with Crippen LogP contribution in [0.5, 0.6) is 0 Å². The average molecular weight is 476 g/mol. The first kappa shape index (κ1) is 22.5. The molecule has 0 unspecified atom stereocenters. The Labute approximate surface area is 191 Å². The summed E-state index contributed by atoms with van der Waals surface area (Å²) in [5.74, 6) is 0.103. The number of anilines is 1. The van der Waals surface area contributed by atoms with Crippen molar-refractivity contribution >= 4 is 33.2 Å². The molecule has 4 rings (SSSR count). The fourth-order valence-electron chi connectivity index (χ4n) is 3.62. The summed E-state index contributed by atoms with van der Waals surface area (Å²) in [5.41, 5.74) is 1.45. The second-order valence-electron chi connectivity index (χ2n) is 7.63. The van der Waals surface area contributed by atoms with Crippen molar-refractivity contribution in [2.24, 2.45) is 0 Å². The molecule has 0 bridgehead atoms. The van der Waals surface area contributed by atoms with Crippen LogP contribution in [0.2, 0.25) is 5.02 Å². The first-order valence-electron chi connectivity index (χ1n) is 9.99. The van der Waals surface area contributed by atoms with Crippen molar-refractivity contribution in [3.63, 3.8) is 0 Å². The highest BCUT2D eigenvalue weighted by molar-refractivity contribution is 7.89. The van der Waals surface area contributed by atoms with Gasteiger partial charge in [-0.15, -0.1) is 0 Å². The Hall–Kier alpha value is -2.72. The zero-order chi connectivity index (χ0) is 22.9. The minimum absolute atomic E-state index is 0.0562. The Morgan fingerprint density at radius 2 is 1.91 bits per heavy atom. The largest absolute Gasteiger partial charge is 0.444 e. The molecular weight excluding hydrogens is 454 g/mol. The topological polar surface area (TPSA) is 102 Å². The molecule has 2 atom stereocenters. The second kappa shape index (κ2) is 9.03. The van der Waals surface area contributed by atoms with Gasteiger partial charge in [0.05, 0.1) is 23.4 Å². The lowest BCUT2D eigenvalue weighted by Crippen LogP contribution is -2.48. The minimum Gasteiger partial charge on any atom is -0.444 e. The van der Waals surface area contributed by atoms with Crippen LogP contribution in [0.25, 0.3) is 11.3 Å². The van der Waals surface area contributed by atoms with Crippen LogP contribution in [0.15, 0.2) is 64.4 Å². The number of oxazole rings is 1. The summed E-state index contributed by atoms with van der Waals surface area (Å²) in [6.45, 7) is 4.06. The Morgan fingerprint density at radius 1 is 1.16 bits per heavy atom. The number of halogens is 1. The molecule has 1 aromatic heterocycles. The second-order valence-corrected chi connectivity index (χ2v) is 9.94. The van der Waals surface area contributed by atoms with E-state index in [0.29, 0.717) is 11.4 Å². The molecule has 1 saturated heterocycles. The lowest BCUT2D eigenvalue weighted by molar-refractivity contribution is -0.0440. The maximum atomic E-state index is 13.2. The number of ether oxygens (including phenoxy) is 1. The third-order valence-corrected chi connectivity index (χ3v) is 7.35. The molecule has 168 valence electrons. The first-order chi connectivity index (χ1) is 15.2. The molecule has 0 aliphatic carbocycles. The van der Waals surface area contributed by atoms with E-state index in [0.717, 1.165) is 5.56 Å². The number of carbonyl (C=O) groups excluding carboxylic acids is 1. The molecule has 2 aromatic carbocycles. The molecular formula is C22H22ClN3O5S. The van der Waals surface area contributed by atoms with Crippen LogP contribution in [0.4, 0.5) is 5.69 Å². The number of sulfonamides is 1. The standard InChI is InChI=1S/C22H22ClN3O5S/c1-14-11-26(12-15(2)31-14)32(28,29)21-9-17(6-7-19(21)23)22(27)25-18-5-3-4-16(8-18)20-10-24-13-30-20/h3-10,13-15H,11-12H2,1-2H3,(H,25,27)/t14-,15+. The minimum atomic E-state index is -3.90. The van der Waals surface area contributed by atoms with Crippen molar-refractivity contribution in [3.05, 3.63) is 65.6 Å². The van der Waals surface area contributed by atoms with Gasteiger partial charge in [-0.25, -0.2) is 13.4 Å². The van der Waals surface area contributed by atoms with Gasteiger partial charge in [0.2, 0.25) is 10.0 Å². The number of rotatable bonds is 5. The molecule has 10 heteroatoms. The van der Waals surface area contributed by atoms with Crippen molar-refractivity contribution in [2.45, 2.75) is 31.0 Å². The smallest absolute Gasteiger partial charge is 0.255 e.